The van der Waals surface area contributed by atoms with E-state index in [1.165, 1.54) is 0 Å². The number of carbonyl (C=O) groups is 1. The first-order valence-electron chi connectivity index (χ1n) is 6.67. The smallest absolute Gasteiger partial charge is 0.324 e. The number of benzene rings is 1. The van der Waals surface area contributed by atoms with E-state index in [1.54, 1.807) is 24.3 Å². The van der Waals surface area contributed by atoms with E-state index < -0.39 is 8.32 Å². The number of hydrogen-bond donors (Lipinski definition) is 1. The molecule has 0 amide bonds. The molecule has 0 unspecified atom stereocenters. The quantitative estimate of drug-likeness (QED) is 0.667. The van der Waals surface area contributed by atoms with Crippen LogP contribution in [0, 0.1) is 5.92 Å². The lowest BCUT2D eigenvalue weighted by molar-refractivity contribution is 0.0707. The van der Waals surface area contributed by atoms with Gasteiger partial charge in [-0.25, -0.2) is 4.79 Å². The van der Waals surface area contributed by atoms with Crippen LogP contribution in [0.1, 0.15) is 38.1 Å². The molecule has 0 saturated heterocycles. The highest BCUT2D eigenvalue weighted by Crippen LogP contribution is 2.44. The van der Waals surface area contributed by atoms with E-state index in [1.807, 2.05) is 0 Å². The summed E-state index contributed by atoms with van der Waals surface area (Å²) in [5.41, 5.74) is 6.83. The Morgan fingerprint density at radius 3 is 2.11 bits per heavy atom. The topological polar surface area (TPSA) is 52.3 Å². The van der Waals surface area contributed by atoms with Crippen molar-refractivity contribution in [2.75, 3.05) is 5.73 Å². The van der Waals surface area contributed by atoms with Crippen molar-refractivity contribution in [3.8, 4) is 0 Å². The molecule has 19 heavy (non-hydrogen) atoms. The minimum atomic E-state index is -2.13. The molecule has 0 bridgehead atoms. The van der Waals surface area contributed by atoms with Crippen molar-refractivity contribution in [1.29, 1.82) is 0 Å². The highest BCUT2D eigenvalue weighted by molar-refractivity contribution is 6.75. The third kappa shape index (κ3) is 3.38. The molecule has 1 aromatic rings. The largest absolute Gasteiger partial charge is 0.516 e. The Balaban J connectivity index is 2.89. The maximum Gasteiger partial charge on any atom is 0.324 e. The van der Waals surface area contributed by atoms with Crippen molar-refractivity contribution in [2.45, 2.75) is 45.8 Å². The van der Waals surface area contributed by atoms with Crippen LogP contribution in [0.4, 0.5) is 5.69 Å². The first kappa shape index (κ1) is 15.8. The van der Waals surface area contributed by atoms with Gasteiger partial charge in [-0.05, 0) is 48.3 Å². The highest BCUT2D eigenvalue weighted by Gasteiger charge is 2.46. The summed E-state index contributed by atoms with van der Waals surface area (Å²) in [6, 6.07) is 6.87. The first-order valence-corrected chi connectivity index (χ1v) is 9.57. The van der Waals surface area contributed by atoms with Gasteiger partial charge in [-0.1, -0.05) is 27.7 Å². The van der Waals surface area contributed by atoms with Crippen LogP contribution >= 0.6 is 0 Å². The predicted octanol–water partition coefficient (Wildman–Crippen LogP) is 4.07. The molecule has 0 aliphatic heterocycles. The summed E-state index contributed by atoms with van der Waals surface area (Å²) < 4.78 is 5.85. The fourth-order valence-corrected chi connectivity index (χ4v) is 3.97. The Labute approximate surface area is 117 Å². The van der Waals surface area contributed by atoms with Crippen LogP contribution in [-0.2, 0) is 4.43 Å². The van der Waals surface area contributed by atoms with Crippen molar-refractivity contribution >= 4 is 20.0 Å². The van der Waals surface area contributed by atoms with Gasteiger partial charge in [-0.3, -0.25) is 0 Å². The summed E-state index contributed by atoms with van der Waals surface area (Å²) in [6.45, 7) is 12.9. The van der Waals surface area contributed by atoms with Crippen molar-refractivity contribution < 1.29 is 9.22 Å². The van der Waals surface area contributed by atoms with Gasteiger partial charge in [0.25, 0.3) is 8.32 Å². The number of carbonyl (C=O) groups excluding carboxylic acids is 1. The average Bonchev–Trinajstić information content (AvgIpc) is 2.28. The van der Waals surface area contributed by atoms with Crippen LogP contribution in [0.3, 0.4) is 0 Å². The Kier molecular flexibility index (Phi) is 4.45. The summed E-state index contributed by atoms with van der Waals surface area (Å²) in [5.74, 6) is 0.221. The Bertz CT molecular complexity index is 450. The molecule has 0 aliphatic carbocycles. The molecule has 106 valence electrons. The zero-order chi connectivity index (χ0) is 14.8. The maximum atomic E-state index is 12.2. The summed E-state index contributed by atoms with van der Waals surface area (Å²) in [5, 5.41) is 0.0243. The Morgan fingerprint density at radius 2 is 1.68 bits per heavy atom. The summed E-state index contributed by atoms with van der Waals surface area (Å²) >= 11 is 0. The predicted molar refractivity (Wildman–Crippen MR) is 82.6 cm³/mol. The highest BCUT2D eigenvalue weighted by atomic mass is 28.4. The van der Waals surface area contributed by atoms with Gasteiger partial charge in [0.2, 0.25) is 0 Å². The molecule has 2 N–H and O–H groups in total. The molecule has 3 nitrogen and oxygen atoms in total. The van der Waals surface area contributed by atoms with E-state index in [0.29, 0.717) is 17.2 Å². The molecule has 0 spiro atoms. The van der Waals surface area contributed by atoms with Gasteiger partial charge in [0, 0.05) is 5.69 Å². The van der Waals surface area contributed by atoms with Crippen molar-refractivity contribution in [3.05, 3.63) is 29.8 Å². The van der Waals surface area contributed by atoms with Crippen LogP contribution in [0.5, 0.6) is 0 Å². The summed E-state index contributed by atoms with van der Waals surface area (Å²) in [4.78, 5) is 12.2. The molecular formula is C15H25NO2Si. The number of hydrogen-bond acceptors (Lipinski definition) is 3. The first-order chi connectivity index (χ1) is 8.58. The van der Waals surface area contributed by atoms with E-state index in [4.69, 9.17) is 10.2 Å². The van der Waals surface area contributed by atoms with Gasteiger partial charge in [-0.15, -0.1) is 0 Å². The molecule has 0 radical (unpaired) electrons. The van der Waals surface area contributed by atoms with Crippen LogP contribution < -0.4 is 5.73 Å². The lowest BCUT2D eigenvalue weighted by Gasteiger charge is -2.41. The van der Waals surface area contributed by atoms with Crippen LogP contribution in [0.2, 0.25) is 18.1 Å². The SMILES string of the molecule is CC(C)C(C)(C)[Si](C)(C)OC(=O)c1ccc(N)cc1. The molecule has 0 heterocycles. The molecular weight excluding hydrogens is 254 g/mol. The second-order valence-electron chi connectivity index (χ2n) is 6.40. The number of nitrogens with two attached hydrogens (primary N) is 1. The Morgan fingerprint density at radius 1 is 1.21 bits per heavy atom. The third-order valence-electron chi connectivity index (χ3n) is 4.49. The van der Waals surface area contributed by atoms with Gasteiger partial charge in [0.05, 0.1) is 5.56 Å². The van der Waals surface area contributed by atoms with Crippen LogP contribution in [0.25, 0.3) is 0 Å². The monoisotopic (exact) mass is 279 g/mol. The van der Waals surface area contributed by atoms with Gasteiger partial charge < -0.3 is 10.2 Å². The zero-order valence-corrected chi connectivity index (χ0v) is 13.8. The molecule has 0 atom stereocenters. The minimum absolute atomic E-state index is 0.0243. The Hall–Kier alpha value is -1.29. The lowest BCUT2D eigenvalue weighted by atomic mass is 9.99. The van der Waals surface area contributed by atoms with Crippen molar-refractivity contribution in [2.24, 2.45) is 5.92 Å². The van der Waals surface area contributed by atoms with Gasteiger partial charge >= 0.3 is 5.97 Å². The fraction of sp³-hybridized carbons (Fsp3) is 0.533. The molecule has 4 heteroatoms. The van der Waals surface area contributed by atoms with Gasteiger partial charge in [0.1, 0.15) is 0 Å². The van der Waals surface area contributed by atoms with E-state index in [-0.39, 0.29) is 11.0 Å². The number of anilines is 1. The van der Waals surface area contributed by atoms with Crippen molar-refractivity contribution in [3.63, 3.8) is 0 Å². The van der Waals surface area contributed by atoms with E-state index >= 15 is 0 Å². The normalized spacial score (nSPS) is 12.6. The molecule has 1 rings (SSSR count). The van der Waals surface area contributed by atoms with E-state index in [0.717, 1.165) is 0 Å². The molecule has 1 aromatic carbocycles. The van der Waals surface area contributed by atoms with Gasteiger partial charge in [0.15, 0.2) is 0 Å². The molecule has 0 saturated carbocycles. The van der Waals surface area contributed by atoms with E-state index in [9.17, 15) is 4.79 Å². The standard InChI is InChI=1S/C15H25NO2Si/c1-11(2)15(3,4)19(5,6)18-14(17)12-7-9-13(16)10-8-12/h7-11H,16H2,1-6H3. The van der Waals surface area contributed by atoms with Crippen LogP contribution in [0.15, 0.2) is 24.3 Å². The molecule has 0 aromatic heterocycles. The van der Waals surface area contributed by atoms with Crippen molar-refractivity contribution in [1.82, 2.24) is 0 Å². The minimum Gasteiger partial charge on any atom is -0.516 e. The maximum absolute atomic E-state index is 12.2. The van der Waals surface area contributed by atoms with Crippen LogP contribution in [-0.4, -0.2) is 14.3 Å². The summed E-state index contributed by atoms with van der Waals surface area (Å²) in [7, 11) is -2.13. The second-order valence-corrected chi connectivity index (χ2v) is 10.9. The number of nitrogen functional groups attached to an aromatic ring is 1. The third-order valence-corrected chi connectivity index (χ3v) is 8.87. The van der Waals surface area contributed by atoms with E-state index in [2.05, 4.69) is 40.8 Å². The lowest BCUT2D eigenvalue weighted by Crippen LogP contribution is -2.46. The fourth-order valence-electron chi connectivity index (χ4n) is 1.74. The zero-order valence-electron chi connectivity index (χ0n) is 12.8. The second kappa shape index (κ2) is 5.37. The molecule has 0 aliphatic rings. The summed E-state index contributed by atoms with van der Waals surface area (Å²) in [6.07, 6.45) is 0. The average molecular weight is 279 g/mol. The van der Waals surface area contributed by atoms with Gasteiger partial charge in [-0.2, -0.15) is 0 Å². The molecule has 0 fully saturated rings. The number of rotatable bonds is 4.